The van der Waals surface area contributed by atoms with Gasteiger partial charge in [0.15, 0.2) is 0 Å². The molecule has 0 spiro atoms. The van der Waals surface area contributed by atoms with Crippen molar-refractivity contribution < 1.29 is 0 Å². The first-order valence-electron chi connectivity index (χ1n) is 19.4. The molecule has 0 aliphatic rings. The highest BCUT2D eigenvalue weighted by Crippen LogP contribution is 2.52. The van der Waals surface area contributed by atoms with Gasteiger partial charge in [-0.15, -0.1) is 0 Å². The predicted molar refractivity (Wildman–Crippen MR) is 238 cm³/mol. The zero-order valence-electron chi connectivity index (χ0n) is 32.9. The molecule has 0 aliphatic carbocycles. The van der Waals surface area contributed by atoms with E-state index in [1.165, 1.54) is 32.8 Å². The van der Waals surface area contributed by atoms with Gasteiger partial charge in [0.05, 0.1) is 22.7 Å². The van der Waals surface area contributed by atoms with Gasteiger partial charge in [-0.05, 0) is 97.3 Å². The smallest absolute Gasteiger partial charge is 0.137 e. The van der Waals surface area contributed by atoms with E-state index in [4.69, 9.17) is 9.97 Å². The summed E-state index contributed by atoms with van der Waals surface area (Å²) in [6.07, 6.45) is 3.77. The average Bonchev–Trinajstić information content (AvgIpc) is 3.25. The molecule has 272 valence electrons. The minimum absolute atomic E-state index is 0.860. The Bertz CT molecular complexity index is 2730. The Morgan fingerprint density at radius 1 is 0.364 bits per heavy atom. The van der Waals surface area contributed by atoms with Crippen molar-refractivity contribution in [2.45, 2.75) is 48.5 Å². The summed E-state index contributed by atoms with van der Waals surface area (Å²) >= 11 is 0. The van der Waals surface area contributed by atoms with Gasteiger partial charge in [0, 0.05) is 44.7 Å². The molecule has 0 fully saturated rings. The molecule has 0 bridgehead atoms. The quantitative estimate of drug-likeness (QED) is 0.127. The Kier molecular flexibility index (Phi) is 10.9. The van der Waals surface area contributed by atoms with Crippen molar-refractivity contribution in [2.75, 3.05) is 9.80 Å². The second-order valence-electron chi connectivity index (χ2n) is 13.3. The van der Waals surface area contributed by atoms with Crippen molar-refractivity contribution in [3.63, 3.8) is 0 Å². The second-order valence-corrected chi connectivity index (χ2v) is 13.3. The lowest BCUT2D eigenvalue weighted by molar-refractivity contribution is 1.19. The second kappa shape index (κ2) is 16.2. The molecular weight excluding hydrogens is 669 g/mol. The van der Waals surface area contributed by atoms with Crippen LogP contribution in [0.1, 0.15) is 44.4 Å². The molecule has 9 aromatic rings. The number of nitrogens with zero attached hydrogens (tertiary/aromatic N) is 4. The molecule has 0 N–H and O–H groups in total. The topological polar surface area (TPSA) is 32.3 Å². The van der Waals surface area contributed by atoms with E-state index in [0.29, 0.717) is 0 Å². The largest absolute Gasteiger partial charge is 0.293 e. The van der Waals surface area contributed by atoms with E-state index in [1.54, 1.807) is 0 Å². The highest BCUT2D eigenvalue weighted by atomic mass is 15.2. The third-order valence-electron chi connectivity index (χ3n) is 10.0. The monoisotopic (exact) mass is 716 g/mol. The molecule has 0 aliphatic heterocycles. The van der Waals surface area contributed by atoms with Crippen molar-refractivity contribution in [3.05, 3.63) is 181 Å². The van der Waals surface area contributed by atoms with Crippen LogP contribution >= 0.6 is 0 Å². The molecule has 4 nitrogen and oxygen atoms in total. The Labute approximate surface area is 325 Å². The summed E-state index contributed by atoms with van der Waals surface area (Å²) in [5.74, 6) is 1.72. The van der Waals surface area contributed by atoms with Gasteiger partial charge in [-0.3, -0.25) is 9.80 Å². The highest BCUT2D eigenvalue weighted by molar-refractivity contribution is 6.24. The van der Waals surface area contributed by atoms with Crippen LogP contribution in [0.5, 0.6) is 0 Å². The first-order valence-corrected chi connectivity index (χ1v) is 19.4. The van der Waals surface area contributed by atoms with Gasteiger partial charge in [-0.1, -0.05) is 130 Å². The third-order valence-corrected chi connectivity index (χ3v) is 10.0. The summed E-state index contributed by atoms with van der Waals surface area (Å²) in [4.78, 5) is 14.7. The average molecular weight is 717 g/mol. The van der Waals surface area contributed by atoms with Crippen molar-refractivity contribution in [3.8, 4) is 0 Å². The van der Waals surface area contributed by atoms with E-state index >= 15 is 0 Å². The molecule has 0 atom stereocenters. The molecule has 7 aromatic carbocycles. The van der Waals surface area contributed by atoms with Gasteiger partial charge in [0.1, 0.15) is 11.6 Å². The Morgan fingerprint density at radius 2 is 0.782 bits per heavy atom. The van der Waals surface area contributed by atoms with Gasteiger partial charge < -0.3 is 0 Å². The van der Waals surface area contributed by atoms with Crippen LogP contribution in [-0.4, -0.2) is 9.97 Å². The van der Waals surface area contributed by atoms with E-state index in [1.807, 2.05) is 52.2 Å². The molecule has 0 amide bonds. The Balaban J connectivity index is 0.00000113. The van der Waals surface area contributed by atoms with Crippen molar-refractivity contribution in [1.29, 1.82) is 0 Å². The third kappa shape index (κ3) is 6.77. The van der Waals surface area contributed by atoms with Crippen LogP contribution in [0.15, 0.2) is 164 Å². The number of anilines is 6. The maximum absolute atomic E-state index is 5.01. The molecule has 0 saturated carbocycles. The lowest BCUT2D eigenvalue weighted by Crippen LogP contribution is -2.16. The van der Waals surface area contributed by atoms with Gasteiger partial charge in [-0.2, -0.15) is 0 Å². The van der Waals surface area contributed by atoms with Crippen molar-refractivity contribution in [2.24, 2.45) is 0 Å². The number of hydrogen-bond acceptors (Lipinski definition) is 4. The van der Waals surface area contributed by atoms with Crippen LogP contribution < -0.4 is 9.80 Å². The Morgan fingerprint density at radius 3 is 1.25 bits per heavy atom. The fraction of sp³-hybridized carbons (Fsp3) is 0.137. The number of fused-ring (bicyclic) bond motifs is 4. The number of pyridine rings is 2. The molecular formula is C51H48N4. The fourth-order valence-electron chi connectivity index (χ4n) is 7.54. The van der Waals surface area contributed by atoms with E-state index in [9.17, 15) is 0 Å². The molecule has 9 rings (SSSR count). The SMILES string of the molecule is CC.CC.Cc1ccc2c(N(c3ccccn3)c3cccc4ccccc34)c3cc(C)c(C)cc3c(N(c3ccccn3)c3cccc4ccccc34)c2c1. The van der Waals surface area contributed by atoms with Gasteiger partial charge >= 0.3 is 0 Å². The van der Waals surface area contributed by atoms with E-state index < -0.39 is 0 Å². The summed E-state index contributed by atoms with van der Waals surface area (Å²) < 4.78 is 0. The van der Waals surface area contributed by atoms with E-state index in [2.05, 4.69) is 170 Å². The lowest BCUT2D eigenvalue weighted by atomic mass is 9.92. The molecule has 55 heavy (non-hydrogen) atoms. The maximum Gasteiger partial charge on any atom is 0.137 e. The zero-order valence-corrected chi connectivity index (χ0v) is 32.9. The summed E-state index contributed by atoms with van der Waals surface area (Å²) in [6.45, 7) is 14.6. The lowest BCUT2D eigenvalue weighted by Gasteiger charge is -2.33. The first kappa shape index (κ1) is 36.8. The van der Waals surface area contributed by atoms with Gasteiger partial charge in [0.2, 0.25) is 0 Å². The number of aryl methyl sites for hydroxylation is 3. The molecule has 0 unspecified atom stereocenters. The van der Waals surface area contributed by atoms with Crippen LogP contribution in [0.25, 0.3) is 43.1 Å². The molecule has 4 heteroatoms. The standard InChI is InChI=1S/C47H36N4.2C2H6/c1-31-24-25-38-39(28-31)47(51(45-23-9-11-27-49-45)43-21-13-17-35-15-5-7-19-37(35)43)41-30-33(3)32(2)29-40(41)46(38)50(44-22-8-10-26-48-44)42-20-12-16-34-14-4-6-18-36(34)42;2*1-2/h4-30H,1-3H3;2*1-2H3. The summed E-state index contributed by atoms with van der Waals surface area (Å²) in [7, 11) is 0. The first-order chi connectivity index (χ1) is 27.1. The predicted octanol–water partition coefficient (Wildman–Crippen LogP) is 15.0. The van der Waals surface area contributed by atoms with Crippen molar-refractivity contribution >= 4 is 77.5 Å². The minimum Gasteiger partial charge on any atom is -0.293 e. The number of rotatable bonds is 6. The molecule has 0 radical (unpaired) electrons. The maximum atomic E-state index is 5.01. The molecule has 2 aromatic heterocycles. The molecule has 2 heterocycles. The van der Waals surface area contributed by atoms with Crippen molar-refractivity contribution in [1.82, 2.24) is 9.97 Å². The number of hydrogen-bond donors (Lipinski definition) is 0. The van der Waals surface area contributed by atoms with E-state index in [0.717, 1.165) is 61.3 Å². The number of aromatic nitrogens is 2. The Hall–Kier alpha value is -6.52. The van der Waals surface area contributed by atoms with Crippen LogP contribution in [0, 0.1) is 20.8 Å². The summed E-state index contributed by atoms with van der Waals surface area (Å²) in [6, 6.07) is 54.2. The summed E-state index contributed by atoms with van der Waals surface area (Å²) in [5.41, 5.74) is 8.01. The van der Waals surface area contributed by atoms with Gasteiger partial charge in [-0.25, -0.2) is 9.97 Å². The normalized spacial score (nSPS) is 10.8. The number of benzene rings is 7. The van der Waals surface area contributed by atoms with Gasteiger partial charge in [0.25, 0.3) is 0 Å². The van der Waals surface area contributed by atoms with Crippen LogP contribution in [-0.2, 0) is 0 Å². The highest BCUT2D eigenvalue weighted by Gasteiger charge is 2.28. The summed E-state index contributed by atoms with van der Waals surface area (Å²) in [5, 5.41) is 9.25. The van der Waals surface area contributed by atoms with E-state index in [-0.39, 0.29) is 0 Å². The van der Waals surface area contributed by atoms with Crippen LogP contribution in [0.2, 0.25) is 0 Å². The molecule has 0 saturated heterocycles. The van der Waals surface area contributed by atoms with Crippen LogP contribution in [0.4, 0.5) is 34.4 Å². The minimum atomic E-state index is 0.860. The zero-order chi connectivity index (χ0) is 38.5. The van der Waals surface area contributed by atoms with Crippen LogP contribution in [0.3, 0.4) is 0 Å². The fourth-order valence-corrected chi connectivity index (χ4v) is 7.54.